The van der Waals surface area contributed by atoms with Crippen LogP contribution in [-0.2, 0) is 0 Å². The third kappa shape index (κ3) is 3.36. The van der Waals surface area contributed by atoms with Gasteiger partial charge in [-0.05, 0) is 30.7 Å². The number of nitro benzene ring substituents is 1. The molecular weight excluding hydrogens is 308 g/mol. The zero-order chi connectivity index (χ0) is 17.7. The zero-order valence-electron chi connectivity index (χ0n) is 13.6. The molecule has 2 aromatic rings. The molecule has 0 atom stereocenters. The Hall–Kier alpha value is -3.33. The largest absolute Gasteiger partial charge is 0.496 e. The lowest BCUT2D eigenvalue weighted by Gasteiger charge is -2.12. The van der Waals surface area contributed by atoms with Gasteiger partial charge in [0.1, 0.15) is 11.5 Å². The Bertz CT molecular complexity index is 851. The first-order valence-corrected chi connectivity index (χ1v) is 7.10. The second-order valence-electron chi connectivity index (χ2n) is 4.99. The van der Waals surface area contributed by atoms with Gasteiger partial charge in [0.15, 0.2) is 0 Å². The maximum absolute atomic E-state index is 10.9. The van der Waals surface area contributed by atoms with Crippen molar-refractivity contribution < 1.29 is 14.4 Å². The fraction of sp³-hybridized carbons (Fsp3) is 0.167. The van der Waals surface area contributed by atoms with Gasteiger partial charge in [0, 0.05) is 23.3 Å². The van der Waals surface area contributed by atoms with E-state index in [1.807, 2.05) is 6.92 Å². The van der Waals surface area contributed by atoms with E-state index < -0.39 is 4.92 Å². The van der Waals surface area contributed by atoms with E-state index >= 15 is 0 Å². The van der Waals surface area contributed by atoms with Gasteiger partial charge in [-0.15, -0.1) is 0 Å². The lowest BCUT2D eigenvalue weighted by atomic mass is 10.0. The second-order valence-corrected chi connectivity index (χ2v) is 4.99. The van der Waals surface area contributed by atoms with Gasteiger partial charge in [0.25, 0.3) is 5.69 Å². The SMILES string of the molecule is COc1ccc(/C=C(/C#N)c2cccc([N+](=O)[O-])c2)c(OC)c1C. The molecule has 6 nitrogen and oxygen atoms in total. The van der Waals surface area contributed by atoms with Crippen LogP contribution in [0.2, 0.25) is 0 Å². The summed E-state index contributed by atoms with van der Waals surface area (Å²) in [6.07, 6.45) is 1.64. The minimum absolute atomic E-state index is 0.0634. The fourth-order valence-electron chi connectivity index (χ4n) is 2.42. The first-order valence-electron chi connectivity index (χ1n) is 7.10. The molecular formula is C18H16N2O4. The van der Waals surface area contributed by atoms with Crippen molar-refractivity contribution in [3.63, 3.8) is 0 Å². The van der Waals surface area contributed by atoms with Gasteiger partial charge in [-0.3, -0.25) is 10.1 Å². The molecule has 0 amide bonds. The van der Waals surface area contributed by atoms with Crippen LogP contribution in [-0.4, -0.2) is 19.1 Å². The Morgan fingerprint density at radius 2 is 2.00 bits per heavy atom. The molecule has 0 bridgehead atoms. The van der Waals surface area contributed by atoms with Gasteiger partial charge in [-0.25, -0.2) is 0 Å². The normalized spacial score (nSPS) is 10.8. The summed E-state index contributed by atoms with van der Waals surface area (Å²) in [5.74, 6) is 1.27. The smallest absolute Gasteiger partial charge is 0.270 e. The molecule has 0 N–H and O–H groups in total. The van der Waals surface area contributed by atoms with E-state index in [9.17, 15) is 15.4 Å². The van der Waals surface area contributed by atoms with Gasteiger partial charge >= 0.3 is 0 Å². The van der Waals surface area contributed by atoms with Gasteiger partial charge < -0.3 is 9.47 Å². The van der Waals surface area contributed by atoms with Gasteiger partial charge in [0.05, 0.1) is 30.8 Å². The van der Waals surface area contributed by atoms with Crippen molar-refractivity contribution in [2.45, 2.75) is 6.92 Å². The van der Waals surface area contributed by atoms with Crippen LogP contribution in [0.15, 0.2) is 36.4 Å². The molecule has 0 heterocycles. The van der Waals surface area contributed by atoms with Crippen molar-refractivity contribution >= 4 is 17.3 Å². The number of ether oxygens (including phenoxy) is 2. The Labute approximate surface area is 139 Å². The van der Waals surface area contributed by atoms with E-state index in [1.165, 1.54) is 12.1 Å². The number of hydrogen-bond acceptors (Lipinski definition) is 5. The van der Waals surface area contributed by atoms with Gasteiger partial charge in [-0.1, -0.05) is 12.1 Å². The van der Waals surface area contributed by atoms with Crippen LogP contribution in [0.4, 0.5) is 5.69 Å². The molecule has 0 aromatic heterocycles. The molecule has 0 unspecified atom stereocenters. The van der Waals surface area contributed by atoms with Crippen LogP contribution < -0.4 is 9.47 Å². The summed E-state index contributed by atoms with van der Waals surface area (Å²) in [7, 11) is 3.11. The van der Waals surface area contributed by atoms with Gasteiger partial charge in [-0.2, -0.15) is 5.26 Å². The number of nitro groups is 1. The summed E-state index contributed by atoms with van der Waals surface area (Å²) in [6, 6.07) is 11.6. The number of methoxy groups -OCH3 is 2. The summed E-state index contributed by atoms with van der Waals surface area (Å²) in [6.45, 7) is 1.86. The zero-order valence-corrected chi connectivity index (χ0v) is 13.6. The van der Waals surface area contributed by atoms with Crippen molar-refractivity contribution in [2.75, 3.05) is 14.2 Å². The van der Waals surface area contributed by atoms with Crippen molar-refractivity contribution in [3.8, 4) is 17.6 Å². The Morgan fingerprint density at radius 1 is 1.25 bits per heavy atom. The Balaban J connectivity index is 2.56. The number of allylic oxidation sites excluding steroid dienone is 1. The summed E-state index contributed by atoms with van der Waals surface area (Å²) < 4.78 is 10.7. The lowest BCUT2D eigenvalue weighted by Crippen LogP contribution is -1.95. The number of hydrogen-bond donors (Lipinski definition) is 0. The number of non-ortho nitro benzene ring substituents is 1. The molecule has 0 saturated heterocycles. The van der Waals surface area contributed by atoms with Crippen LogP contribution >= 0.6 is 0 Å². The minimum Gasteiger partial charge on any atom is -0.496 e. The number of benzene rings is 2. The molecule has 2 aromatic carbocycles. The van der Waals surface area contributed by atoms with Crippen LogP contribution in [0.5, 0.6) is 11.5 Å². The highest BCUT2D eigenvalue weighted by atomic mass is 16.6. The average Bonchev–Trinajstić information content (AvgIpc) is 2.60. The summed E-state index contributed by atoms with van der Waals surface area (Å²) >= 11 is 0. The standard InChI is InChI=1S/C18H16N2O4/c1-12-17(23-2)8-7-14(18(12)24-3)9-15(11-19)13-5-4-6-16(10-13)20(21)22/h4-10H,1-3H3/b15-9-. The molecule has 122 valence electrons. The number of nitriles is 1. The molecule has 0 aliphatic rings. The molecule has 2 rings (SSSR count). The molecule has 6 heteroatoms. The minimum atomic E-state index is -0.489. The Morgan fingerprint density at radius 3 is 2.58 bits per heavy atom. The van der Waals surface area contributed by atoms with E-state index in [2.05, 4.69) is 6.07 Å². The van der Waals surface area contributed by atoms with Gasteiger partial charge in [0.2, 0.25) is 0 Å². The molecule has 0 radical (unpaired) electrons. The van der Waals surface area contributed by atoms with E-state index in [-0.39, 0.29) is 5.69 Å². The monoisotopic (exact) mass is 324 g/mol. The summed E-state index contributed by atoms with van der Waals surface area (Å²) in [4.78, 5) is 10.4. The maximum Gasteiger partial charge on any atom is 0.270 e. The molecule has 0 spiro atoms. The lowest BCUT2D eigenvalue weighted by molar-refractivity contribution is -0.384. The quantitative estimate of drug-likeness (QED) is 0.359. The van der Waals surface area contributed by atoms with Crippen LogP contribution in [0.1, 0.15) is 16.7 Å². The summed E-state index contributed by atoms with van der Waals surface area (Å²) in [5, 5.41) is 20.4. The third-order valence-electron chi connectivity index (χ3n) is 3.60. The topological polar surface area (TPSA) is 85.4 Å². The van der Waals surface area contributed by atoms with Crippen LogP contribution in [0.3, 0.4) is 0 Å². The molecule has 24 heavy (non-hydrogen) atoms. The number of rotatable bonds is 5. The van der Waals surface area contributed by atoms with E-state index in [4.69, 9.17) is 9.47 Å². The predicted molar refractivity (Wildman–Crippen MR) is 90.9 cm³/mol. The number of nitrogens with zero attached hydrogens (tertiary/aromatic N) is 2. The second kappa shape index (κ2) is 7.29. The van der Waals surface area contributed by atoms with E-state index in [1.54, 1.807) is 44.6 Å². The first kappa shape index (κ1) is 17.0. The van der Waals surface area contributed by atoms with Crippen molar-refractivity contribution in [1.29, 1.82) is 5.26 Å². The highest BCUT2D eigenvalue weighted by Gasteiger charge is 2.13. The highest BCUT2D eigenvalue weighted by Crippen LogP contribution is 2.33. The van der Waals surface area contributed by atoms with Crippen LogP contribution in [0, 0.1) is 28.4 Å². The van der Waals surface area contributed by atoms with Crippen molar-refractivity contribution in [3.05, 3.63) is 63.2 Å². The van der Waals surface area contributed by atoms with E-state index in [0.717, 1.165) is 5.56 Å². The van der Waals surface area contributed by atoms with E-state index in [0.29, 0.717) is 28.2 Å². The fourth-order valence-corrected chi connectivity index (χ4v) is 2.42. The molecule has 0 aliphatic heterocycles. The average molecular weight is 324 g/mol. The van der Waals surface area contributed by atoms with Crippen LogP contribution in [0.25, 0.3) is 11.6 Å². The maximum atomic E-state index is 10.9. The molecule has 0 saturated carbocycles. The molecule has 0 fully saturated rings. The molecule has 0 aliphatic carbocycles. The summed E-state index contributed by atoms with van der Waals surface area (Å²) in [5.41, 5.74) is 2.22. The predicted octanol–water partition coefficient (Wildman–Crippen LogP) is 3.98. The highest BCUT2D eigenvalue weighted by molar-refractivity contribution is 5.91. The Kier molecular flexibility index (Phi) is 5.17. The third-order valence-corrected chi connectivity index (χ3v) is 3.60. The van der Waals surface area contributed by atoms with Crippen molar-refractivity contribution in [2.24, 2.45) is 0 Å². The van der Waals surface area contributed by atoms with Crippen molar-refractivity contribution in [1.82, 2.24) is 0 Å². The first-order chi connectivity index (χ1) is 11.5.